The van der Waals surface area contributed by atoms with E-state index in [1.165, 1.54) is 11.3 Å². The van der Waals surface area contributed by atoms with Crippen molar-refractivity contribution < 1.29 is 4.79 Å². The van der Waals surface area contributed by atoms with Gasteiger partial charge in [0.2, 0.25) is 0 Å². The summed E-state index contributed by atoms with van der Waals surface area (Å²) in [5, 5.41) is 8.11. The van der Waals surface area contributed by atoms with Gasteiger partial charge in [-0.3, -0.25) is 5.32 Å². The van der Waals surface area contributed by atoms with Crippen molar-refractivity contribution in [2.45, 2.75) is 19.8 Å². The van der Waals surface area contributed by atoms with E-state index in [1.807, 2.05) is 35.7 Å². The molecule has 2 aromatic rings. The first-order chi connectivity index (χ1) is 9.29. The number of amides is 2. The van der Waals surface area contributed by atoms with E-state index in [2.05, 4.69) is 22.5 Å². The van der Waals surface area contributed by atoms with Gasteiger partial charge < -0.3 is 5.32 Å². The number of aromatic nitrogens is 1. The van der Waals surface area contributed by atoms with Crippen LogP contribution in [0, 0.1) is 0 Å². The Kier molecular flexibility index (Phi) is 4.92. The molecule has 0 aliphatic rings. The Morgan fingerprint density at radius 2 is 2.11 bits per heavy atom. The second-order valence-corrected chi connectivity index (χ2v) is 5.00. The van der Waals surface area contributed by atoms with Crippen LogP contribution in [0.1, 0.15) is 19.8 Å². The minimum atomic E-state index is -0.192. The summed E-state index contributed by atoms with van der Waals surface area (Å²) >= 11 is 1.43. The number of carbonyl (C=O) groups excluding carboxylic acids is 1. The van der Waals surface area contributed by atoms with E-state index in [-0.39, 0.29) is 6.03 Å². The minimum Gasteiger partial charge on any atom is -0.338 e. The number of benzene rings is 1. The van der Waals surface area contributed by atoms with Crippen LogP contribution in [-0.4, -0.2) is 17.6 Å². The molecule has 0 bridgehead atoms. The summed E-state index contributed by atoms with van der Waals surface area (Å²) in [7, 11) is 0. The normalized spacial score (nSPS) is 10.2. The number of nitrogens with one attached hydrogen (secondary N) is 2. The lowest BCUT2D eigenvalue weighted by Crippen LogP contribution is -2.29. The van der Waals surface area contributed by atoms with E-state index in [1.54, 1.807) is 0 Å². The molecule has 0 spiro atoms. The number of urea groups is 1. The number of thiazole rings is 1. The first kappa shape index (κ1) is 13.5. The highest BCUT2D eigenvalue weighted by molar-refractivity contribution is 7.14. The number of unbranched alkanes of at least 4 members (excludes halogenated alkanes) is 1. The number of hydrogen-bond acceptors (Lipinski definition) is 3. The zero-order chi connectivity index (χ0) is 13.5. The van der Waals surface area contributed by atoms with Gasteiger partial charge in [0.25, 0.3) is 0 Å². The van der Waals surface area contributed by atoms with Crippen LogP contribution >= 0.6 is 11.3 Å². The average molecular weight is 275 g/mol. The van der Waals surface area contributed by atoms with E-state index in [9.17, 15) is 4.79 Å². The fraction of sp³-hybridized carbons (Fsp3) is 0.286. The summed E-state index contributed by atoms with van der Waals surface area (Å²) in [6.45, 7) is 2.78. The Hall–Kier alpha value is -1.88. The van der Waals surface area contributed by atoms with Crippen LogP contribution in [0.25, 0.3) is 11.3 Å². The molecule has 100 valence electrons. The van der Waals surface area contributed by atoms with Crippen LogP contribution in [0.2, 0.25) is 0 Å². The summed E-state index contributed by atoms with van der Waals surface area (Å²) in [5.74, 6) is 0. The molecule has 1 aromatic heterocycles. The Bertz CT molecular complexity index is 524. The van der Waals surface area contributed by atoms with Gasteiger partial charge in [-0.1, -0.05) is 43.7 Å². The first-order valence-corrected chi connectivity index (χ1v) is 7.23. The van der Waals surface area contributed by atoms with Gasteiger partial charge in [0.05, 0.1) is 5.69 Å². The van der Waals surface area contributed by atoms with Gasteiger partial charge in [0, 0.05) is 17.5 Å². The van der Waals surface area contributed by atoms with Crippen LogP contribution in [0.15, 0.2) is 35.7 Å². The average Bonchev–Trinajstić information content (AvgIpc) is 2.88. The monoisotopic (exact) mass is 275 g/mol. The molecule has 0 aliphatic carbocycles. The summed E-state index contributed by atoms with van der Waals surface area (Å²) < 4.78 is 0. The Morgan fingerprint density at radius 1 is 1.32 bits per heavy atom. The third-order valence-electron chi connectivity index (χ3n) is 2.61. The van der Waals surface area contributed by atoms with E-state index in [4.69, 9.17) is 0 Å². The molecule has 2 N–H and O–H groups in total. The summed E-state index contributed by atoms with van der Waals surface area (Å²) in [6.07, 6.45) is 2.05. The minimum absolute atomic E-state index is 0.192. The van der Waals surface area contributed by atoms with E-state index in [0.29, 0.717) is 11.7 Å². The van der Waals surface area contributed by atoms with Gasteiger partial charge in [-0.15, -0.1) is 11.3 Å². The third-order valence-corrected chi connectivity index (χ3v) is 3.37. The van der Waals surface area contributed by atoms with E-state index >= 15 is 0 Å². The van der Waals surface area contributed by atoms with Crippen LogP contribution in [0.4, 0.5) is 9.93 Å². The van der Waals surface area contributed by atoms with Crippen LogP contribution in [-0.2, 0) is 0 Å². The van der Waals surface area contributed by atoms with Gasteiger partial charge in [-0.2, -0.15) is 0 Å². The standard InChI is InChI=1S/C14H17N3OS/c1-2-3-9-15-13(18)17-14-16-12(10-19-14)11-7-5-4-6-8-11/h4-8,10H,2-3,9H2,1H3,(H2,15,16,17,18). The molecular weight excluding hydrogens is 258 g/mol. The second-order valence-electron chi connectivity index (χ2n) is 4.14. The van der Waals surface area contributed by atoms with Crippen LogP contribution in [0.3, 0.4) is 0 Å². The van der Waals surface area contributed by atoms with E-state index < -0.39 is 0 Å². The lowest BCUT2D eigenvalue weighted by atomic mass is 10.2. The molecule has 1 heterocycles. The van der Waals surface area contributed by atoms with Crippen LogP contribution in [0.5, 0.6) is 0 Å². The fourth-order valence-electron chi connectivity index (χ4n) is 1.59. The van der Waals surface area contributed by atoms with Crippen molar-refractivity contribution >= 4 is 22.5 Å². The van der Waals surface area contributed by atoms with Crippen molar-refractivity contribution in [3.8, 4) is 11.3 Å². The Balaban J connectivity index is 1.93. The second kappa shape index (κ2) is 6.89. The molecule has 0 saturated carbocycles. The first-order valence-electron chi connectivity index (χ1n) is 6.35. The van der Waals surface area contributed by atoms with Crippen molar-refractivity contribution in [1.82, 2.24) is 10.3 Å². The van der Waals surface area contributed by atoms with Gasteiger partial charge in [0.1, 0.15) is 0 Å². The topological polar surface area (TPSA) is 54.0 Å². The van der Waals surface area contributed by atoms with Crippen molar-refractivity contribution in [2.24, 2.45) is 0 Å². The number of carbonyl (C=O) groups is 1. The lowest BCUT2D eigenvalue weighted by Gasteiger charge is -2.03. The largest absolute Gasteiger partial charge is 0.338 e. The quantitative estimate of drug-likeness (QED) is 0.817. The fourth-order valence-corrected chi connectivity index (χ4v) is 2.31. The highest BCUT2D eigenvalue weighted by atomic mass is 32.1. The smallest absolute Gasteiger partial charge is 0.321 e. The van der Waals surface area contributed by atoms with Crippen molar-refractivity contribution in [1.29, 1.82) is 0 Å². The van der Waals surface area contributed by atoms with Gasteiger partial charge in [-0.25, -0.2) is 9.78 Å². The van der Waals surface area contributed by atoms with Crippen LogP contribution < -0.4 is 10.6 Å². The van der Waals surface area contributed by atoms with Gasteiger partial charge in [0.15, 0.2) is 5.13 Å². The summed E-state index contributed by atoms with van der Waals surface area (Å²) in [5.41, 5.74) is 1.94. The maximum atomic E-state index is 11.6. The molecule has 19 heavy (non-hydrogen) atoms. The molecule has 1 aromatic carbocycles. The molecular formula is C14H17N3OS. The third kappa shape index (κ3) is 4.06. The zero-order valence-electron chi connectivity index (χ0n) is 10.8. The molecule has 0 unspecified atom stereocenters. The summed E-state index contributed by atoms with van der Waals surface area (Å²) in [4.78, 5) is 16.0. The SMILES string of the molecule is CCCCNC(=O)Nc1nc(-c2ccccc2)cs1. The predicted octanol–water partition coefficient (Wildman–Crippen LogP) is 3.73. The molecule has 0 radical (unpaired) electrons. The highest BCUT2D eigenvalue weighted by Crippen LogP contribution is 2.24. The molecule has 0 aliphatic heterocycles. The van der Waals surface area contributed by atoms with E-state index in [0.717, 1.165) is 24.1 Å². The zero-order valence-corrected chi connectivity index (χ0v) is 11.7. The number of nitrogens with zero attached hydrogens (tertiary/aromatic N) is 1. The molecule has 0 saturated heterocycles. The summed E-state index contributed by atoms with van der Waals surface area (Å²) in [6, 6.07) is 9.72. The maximum Gasteiger partial charge on any atom is 0.321 e. The Morgan fingerprint density at radius 3 is 2.84 bits per heavy atom. The number of hydrogen-bond donors (Lipinski definition) is 2. The predicted molar refractivity (Wildman–Crippen MR) is 79.5 cm³/mol. The molecule has 0 fully saturated rings. The molecule has 0 atom stereocenters. The highest BCUT2D eigenvalue weighted by Gasteiger charge is 2.06. The maximum absolute atomic E-state index is 11.6. The van der Waals surface area contributed by atoms with Gasteiger partial charge >= 0.3 is 6.03 Å². The Labute approximate surface area is 116 Å². The lowest BCUT2D eigenvalue weighted by molar-refractivity contribution is 0.252. The molecule has 2 rings (SSSR count). The molecule has 4 nitrogen and oxygen atoms in total. The number of anilines is 1. The number of rotatable bonds is 5. The molecule has 5 heteroatoms. The molecule has 2 amide bonds. The van der Waals surface area contributed by atoms with Gasteiger partial charge in [-0.05, 0) is 6.42 Å². The van der Waals surface area contributed by atoms with Crippen molar-refractivity contribution in [2.75, 3.05) is 11.9 Å². The van der Waals surface area contributed by atoms with Crippen molar-refractivity contribution in [3.05, 3.63) is 35.7 Å². The van der Waals surface area contributed by atoms with Crippen molar-refractivity contribution in [3.63, 3.8) is 0 Å².